The third-order valence-electron chi connectivity index (χ3n) is 3.94. The number of rotatable bonds is 5. The number of urea groups is 1. The Kier molecular flexibility index (Phi) is 6.29. The summed E-state index contributed by atoms with van der Waals surface area (Å²) in [6.07, 6.45) is -3.49. The second kappa shape index (κ2) is 8.28. The van der Waals surface area contributed by atoms with Crippen molar-refractivity contribution in [2.45, 2.75) is 38.9 Å². The molecule has 27 heavy (non-hydrogen) atoms. The zero-order valence-electron chi connectivity index (χ0n) is 14.9. The van der Waals surface area contributed by atoms with Crippen molar-refractivity contribution < 1.29 is 27.6 Å². The highest BCUT2D eigenvalue weighted by Gasteiger charge is 2.34. The molecular formula is C17H21F3N4O3. The summed E-state index contributed by atoms with van der Waals surface area (Å²) in [5.41, 5.74) is -1.54. The normalized spacial score (nSPS) is 15.4. The summed E-state index contributed by atoms with van der Waals surface area (Å²) in [5.74, 6) is -0.510. The fourth-order valence-electron chi connectivity index (χ4n) is 2.82. The molecular weight excluding hydrogens is 365 g/mol. The van der Waals surface area contributed by atoms with Crippen LogP contribution in [0.2, 0.25) is 0 Å². The zero-order chi connectivity index (χ0) is 20.2. The van der Waals surface area contributed by atoms with Crippen molar-refractivity contribution in [3.63, 3.8) is 0 Å². The van der Waals surface area contributed by atoms with Gasteiger partial charge in [-0.25, -0.2) is 4.79 Å². The molecule has 0 bridgehead atoms. The largest absolute Gasteiger partial charge is 0.418 e. The molecule has 0 spiro atoms. The van der Waals surface area contributed by atoms with Crippen LogP contribution in [0.25, 0.3) is 0 Å². The van der Waals surface area contributed by atoms with Gasteiger partial charge in [-0.05, 0) is 31.5 Å². The Hall–Kier alpha value is -2.78. The molecule has 0 aromatic heterocycles. The highest BCUT2D eigenvalue weighted by atomic mass is 19.4. The van der Waals surface area contributed by atoms with E-state index < -0.39 is 35.4 Å². The van der Waals surface area contributed by atoms with Crippen LogP contribution >= 0.6 is 0 Å². The molecule has 1 aromatic rings. The minimum atomic E-state index is -4.72. The molecule has 1 aromatic carbocycles. The van der Waals surface area contributed by atoms with Crippen molar-refractivity contribution in [2.75, 3.05) is 23.7 Å². The van der Waals surface area contributed by atoms with Gasteiger partial charge in [0.1, 0.15) is 0 Å². The lowest BCUT2D eigenvalue weighted by atomic mass is 10.1. The van der Waals surface area contributed by atoms with E-state index in [0.29, 0.717) is 19.5 Å². The van der Waals surface area contributed by atoms with Crippen LogP contribution < -0.4 is 16.0 Å². The SMILES string of the molecule is CC(=O)Nc1ccc(NC(=O)NC(C)CN2CCCC2=O)c(C(F)(F)F)c1. The van der Waals surface area contributed by atoms with Gasteiger partial charge in [0.05, 0.1) is 11.3 Å². The maximum Gasteiger partial charge on any atom is 0.418 e. The number of anilines is 2. The number of likely N-dealkylation sites (tertiary alicyclic amines) is 1. The summed E-state index contributed by atoms with van der Waals surface area (Å²) in [5, 5.41) is 6.97. The molecule has 148 valence electrons. The summed E-state index contributed by atoms with van der Waals surface area (Å²) in [7, 11) is 0. The van der Waals surface area contributed by atoms with Crippen molar-refractivity contribution in [2.24, 2.45) is 0 Å². The van der Waals surface area contributed by atoms with Gasteiger partial charge in [0.25, 0.3) is 0 Å². The maximum absolute atomic E-state index is 13.3. The average molecular weight is 386 g/mol. The number of amides is 4. The first kappa shape index (κ1) is 20.5. The molecule has 0 radical (unpaired) electrons. The van der Waals surface area contributed by atoms with Crippen LogP contribution in [0.15, 0.2) is 18.2 Å². The number of carbonyl (C=O) groups is 3. The third-order valence-corrected chi connectivity index (χ3v) is 3.94. The summed E-state index contributed by atoms with van der Waals surface area (Å²) in [6, 6.07) is 1.84. The Morgan fingerprint density at radius 1 is 1.26 bits per heavy atom. The summed E-state index contributed by atoms with van der Waals surface area (Å²) in [4.78, 5) is 36.3. The molecule has 1 heterocycles. The van der Waals surface area contributed by atoms with Crippen molar-refractivity contribution in [3.05, 3.63) is 23.8 Å². The fourth-order valence-corrected chi connectivity index (χ4v) is 2.82. The number of alkyl halides is 3. The Bertz CT molecular complexity index is 737. The first-order valence-corrected chi connectivity index (χ1v) is 8.40. The predicted octanol–water partition coefficient (Wildman–Crippen LogP) is 2.80. The molecule has 0 saturated carbocycles. The summed E-state index contributed by atoms with van der Waals surface area (Å²) < 4.78 is 39.8. The third kappa shape index (κ3) is 5.87. The van der Waals surface area contributed by atoms with Crippen LogP contribution in [0.1, 0.15) is 32.3 Å². The van der Waals surface area contributed by atoms with Gasteiger partial charge in [-0.1, -0.05) is 0 Å². The van der Waals surface area contributed by atoms with Gasteiger partial charge < -0.3 is 20.9 Å². The standard InChI is InChI=1S/C17H21F3N4O3/c1-10(9-24-7-3-4-15(24)26)21-16(27)23-14-6-5-12(22-11(2)25)8-13(14)17(18,19)20/h5-6,8,10H,3-4,7,9H2,1-2H3,(H,22,25)(H2,21,23,27). The molecule has 1 aliphatic rings. The minimum absolute atomic E-state index is 0.00280. The van der Waals surface area contributed by atoms with E-state index in [4.69, 9.17) is 0 Å². The van der Waals surface area contributed by atoms with Crippen molar-refractivity contribution >= 4 is 29.2 Å². The predicted molar refractivity (Wildman–Crippen MR) is 93.2 cm³/mol. The van der Waals surface area contributed by atoms with Gasteiger partial charge in [0.2, 0.25) is 11.8 Å². The van der Waals surface area contributed by atoms with Gasteiger partial charge in [0, 0.05) is 38.2 Å². The quantitative estimate of drug-likeness (QED) is 0.727. The summed E-state index contributed by atoms with van der Waals surface area (Å²) in [6.45, 7) is 3.74. The van der Waals surface area contributed by atoms with E-state index in [1.807, 2.05) is 0 Å². The average Bonchev–Trinajstić information content (AvgIpc) is 2.92. The van der Waals surface area contributed by atoms with Crippen molar-refractivity contribution in [1.29, 1.82) is 0 Å². The Morgan fingerprint density at radius 2 is 1.96 bits per heavy atom. The number of halogens is 3. The molecule has 3 N–H and O–H groups in total. The second-order valence-corrected chi connectivity index (χ2v) is 6.38. The van der Waals surface area contributed by atoms with E-state index in [-0.39, 0.29) is 11.6 Å². The van der Waals surface area contributed by atoms with Gasteiger partial charge in [-0.15, -0.1) is 0 Å². The molecule has 7 nitrogen and oxygen atoms in total. The van der Waals surface area contributed by atoms with E-state index in [1.165, 1.54) is 13.0 Å². The van der Waals surface area contributed by atoms with Crippen LogP contribution in [-0.4, -0.2) is 41.9 Å². The number of benzene rings is 1. The number of nitrogens with one attached hydrogen (secondary N) is 3. The molecule has 10 heteroatoms. The zero-order valence-corrected chi connectivity index (χ0v) is 14.9. The van der Waals surface area contributed by atoms with Crippen LogP contribution in [0.4, 0.5) is 29.3 Å². The molecule has 1 fully saturated rings. The van der Waals surface area contributed by atoms with Gasteiger partial charge in [0.15, 0.2) is 0 Å². The van der Waals surface area contributed by atoms with E-state index in [1.54, 1.807) is 11.8 Å². The number of hydrogen-bond acceptors (Lipinski definition) is 3. The topological polar surface area (TPSA) is 90.5 Å². The van der Waals surface area contributed by atoms with E-state index in [9.17, 15) is 27.6 Å². The number of hydrogen-bond donors (Lipinski definition) is 3. The molecule has 1 atom stereocenters. The molecule has 4 amide bonds. The van der Waals surface area contributed by atoms with Crippen LogP contribution in [0.3, 0.4) is 0 Å². The summed E-state index contributed by atoms with van der Waals surface area (Å²) >= 11 is 0. The maximum atomic E-state index is 13.3. The van der Waals surface area contributed by atoms with E-state index in [2.05, 4.69) is 16.0 Å². The molecule has 1 aliphatic heterocycles. The number of nitrogens with zero attached hydrogens (tertiary/aromatic N) is 1. The fraction of sp³-hybridized carbons (Fsp3) is 0.471. The first-order valence-electron chi connectivity index (χ1n) is 8.40. The van der Waals surface area contributed by atoms with Gasteiger partial charge in [-0.3, -0.25) is 9.59 Å². The van der Waals surface area contributed by atoms with Crippen molar-refractivity contribution in [1.82, 2.24) is 10.2 Å². The Labute approximate surface area is 154 Å². The molecule has 2 rings (SSSR count). The monoisotopic (exact) mass is 386 g/mol. The van der Waals surface area contributed by atoms with Crippen LogP contribution in [0.5, 0.6) is 0 Å². The Balaban J connectivity index is 2.05. The molecule has 1 saturated heterocycles. The molecule has 0 aliphatic carbocycles. The highest BCUT2D eigenvalue weighted by molar-refractivity contribution is 5.92. The van der Waals surface area contributed by atoms with Gasteiger partial charge in [-0.2, -0.15) is 13.2 Å². The highest BCUT2D eigenvalue weighted by Crippen LogP contribution is 2.36. The lowest BCUT2D eigenvalue weighted by molar-refractivity contribution is -0.137. The minimum Gasteiger partial charge on any atom is -0.341 e. The van der Waals surface area contributed by atoms with Crippen LogP contribution in [-0.2, 0) is 15.8 Å². The molecule has 1 unspecified atom stereocenters. The lowest BCUT2D eigenvalue weighted by Crippen LogP contribution is -2.44. The van der Waals surface area contributed by atoms with Gasteiger partial charge >= 0.3 is 12.2 Å². The lowest BCUT2D eigenvalue weighted by Gasteiger charge is -2.22. The number of carbonyl (C=O) groups excluding carboxylic acids is 3. The Morgan fingerprint density at radius 3 is 2.52 bits per heavy atom. The van der Waals surface area contributed by atoms with E-state index >= 15 is 0 Å². The van der Waals surface area contributed by atoms with Crippen molar-refractivity contribution in [3.8, 4) is 0 Å². The van der Waals surface area contributed by atoms with Crippen LogP contribution in [0, 0.1) is 0 Å². The smallest absolute Gasteiger partial charge is 0.341 e. The second-order valence-electron chi connectivity index (χ2n) is 6.38. The first-order chi connectivity index (χ1) is 12.6. The van der Waals surface area contributed by atoms with E-state index in [0.717, 1.165) is 18.6 Å².